The number of hydrogen-bond donors (Lipinski definition) is 1. The Morgan fingerprint density at radius 3 is 2.42 bits per heavy atom. The highest BCUT2D eigenvalue weighted by Crippen LogP contribution is 2.39. The molecule has 2 fully saturated rings. The third-order valence-electron chi connectivity index (χ3n) is 9.25. The lowest BCUT2D eigenvalue weighted by molar-refractivity contribution is 0.0746. The highest BCUT2D eigenvalue weighted by Gasteiger charge is 2.35. The summed E-state index contributed by atoms with van der Waals surface area (Å²) in [5.41, 5.74) is 4.62. The Morgan fingerprint density at radius 2 is 1.62 bits per heavy atom. The van der Waals surface area contributed by atoms with Crippen molar-refractivity contribution < 1.29 is 14.3 Å². The molecule has 2 atom stereocenters. The molecule has 3 aliphatic rings. The van der Waals surface area contributed by atoms with Crippen LogP contribution in [0.3, 0.4) is 0 Å². The summed E-state index contributed by atoms with van der Waals surface area (Å²) >= 11 is 0. The number of anilines is 3. The maximum Gasteiger partial charge on any atom is 0.255 e. The number of nitrogens with one attached hydrogen (secondary N) is 1. The van der Waals surface area contributed by atoms with Crippen LogP contribution in [-0.4, -0.2) is 72.6 Å². The number of piperidine rings is 1. The summed E-state index contributed by atoms with van der Waals surface area (Å²) in [5.74, 6) is 1.00. The predicted octanol–water partition coefficient (Wildman–Crippen LogP) is 4.09. The Morgan fingerprint density at radius 1 is 0.822 bits per heavy atom. The van der Waals surface area contributed by atoms with Gasteiger partial charge in [-0.15, -0.1) is 0 Å². The van der Waals surface area contributed by atoms with Crippen LogP contribution in [0.5, 0.6) is 5.75 Å². The number of rotatable bonds is 6. The Kier molecular flexibility index (Phi) is 7.71. The second-order valence-electron chi connectivity index (χ2n) is 12.0. The van der Waals surface area contributed by atoms with Crippen molar-refractivity contribution in [2.75, 3.05) is 61.5 Å². The van der Waals surface area contributed by atoms with Gasteiger partial charge in [0.05, 0.1) is 24.2 Å². The minimum absolute atomic E-state index is 0.0487. The number of carbonyl (C=O) groups excluding carboxylic acids is 2. The number of ether oxygens (including phenoxy) is 1. The molecule has 230 valence electrons. The van der Waals surface area contributed by atoms with Gasteiger partial charge in [0.25, 0.3) is 17.4 Å². The second kappa shape index (κ2) is 12.1. The SMILES string of the molecule is COc1ccccc1N1CCN(C(=O)c2ccc(N3CC4CC(C3)c3cccc(=O)n3C4)c(NC(=O)c3ccncc3)c2)CC1. The standard InChI is InChI=1S/C35H36N6O4/c1-45-32-7-3-2-5-31(32)38-15-17-39(18-16-38)35(44)26-9-10-30(28(20-26)37-34(43)25-11-13-36-14-12-25)40-21-24-19-27(23-40)29-6-4-8-33(42)41(29)22-24/h2-14,20,24,27H,15-19,21-23H2,1H3,(H,37,43). The smallest absolute Gasteiger partial charge is 0.255 e. The largest absolute Gasteiger partial charge is 0.495 e. The van der Waals surface area contributed by atoms with Gasteiger partial charge in [0, 0.05) is 87.0 Å². The van der Waals surface area contributed by atoms with Gasteiger partial charge in [0.2, 0.25) is 0 Å². The van der Waals surface area contributed by atoms with Gasteiger partial charge in [-0.25, -0.2) is 0 Å². The number of hydrogen-bond acceptors (Lipinski definition) is 7. The predicted molar refractivity (Wildman–Crippen MR) is 174 cm³/mol. The van der Waals surface area contributed by atoms with E-state index in [0.717, 1.165) is 42.3 Å². The lowest BCUT2D eigenvalue weighted by atomic mass is 9.83. The number of carbonyl (C=O) groups is 2. The Hall–Kier alpha value is -5.12. The molecule has 10 heteroatoms. The van der Waals surface area contributed by atoms with Gasteiger partial charge in [-0.1, -0.05) is 18.2 Å². The highest BCUT2D eigenvalue weighted by molar-refractivity contribution is 6.07. The number of amides is 2. The molecule has 7 rings (SSSR count). The van der Waals surface area contributed by atoms with Crippen molar-refractivity contribution in [3.05, 3.63) is 112 Å². The molecule has 2 saturated heterocycles. The number of piperazine rings is 1. The lowest BCUT2D eigenvalue weighted by Crippen LogP contribution is -2.49. The van der Waals surface area contributed by atoms with E-state index in [2.05, 4.69) is 20.1 Å². The first-order valence-corrected chi connectivity index (χ1v) is 15.5. The van der Waals surface area contributed by atoms with Crippen LogP contribution in [0.1, 0.15) is 38.7 Å². The topological polar surface area (TPSA) is 100 Å². The Balaban J connectivity index is 1.14. The van der Waals surface area contributed by atoms with Crippen LogP contribution in [0.4, 0.5) is 17.1 Å². The normalized spacial score (nSPS) is 19.1. The number of aromatic nitrogens is 2. The number of benzene rings is 2. The van der Waals surface area contributed by atoms with E-state index in [4.69, 9.17) is 4.74 Å². The molecule has 2 unspecified atom stereocenters. The molecule has 1 N–H and O–H groups in total. The third kappa shape index (κ3) is 5.63. The molecule has 4 aromatic rings. The first kappa shape index (κ1) is 28.6. The van der Waals surface area contributed by atoms with Crippen molar-refractivity contribution in [1.29, 1.82) is 0 Å². The van der Waals surface area contributed by atoms with Crippen molar-refractivity contribution in [3.8, 4) is 5.75 Å². The molecule has 2 aromatic heterocycles. The molecular formula is C35H36N6O4. The van der Waals surface area contributed by atoms with E-state index in [1.807, 2.05) is 64.1 Å². The second-order valence-corrected chi connectivity index (χ2v) is 12.0. The van der Waals surface area contributed by atoms with Gasteiger partial charge in [-0.05, 0) is 60.9 Å². The average molecular weight is 605 g/mol. The third-order valence-corrected chi connectivity index (χ3v) is 9.25. The summed E-state index contributed by atoms with van der Waals surface area (Å²) in [7, 11) is 1.67. The summed E-state index contributed by atoms with van der Waals surface area (Å²) in [6.07, 6.45) is 4.20. The number of para-hydroxylation sites is 2. The van der Waals surface area contributed by atoms with Crippen LogP contribution in [0.15, 0.2) is 90.0 Å². The molecule has 3 aliphatic heterocycles. The van der Waals surface area contributed by atoms with E-state index in [0.29, 0.717) is 55.5 Å². The van der Waals surface area contributed by atoms with E-state index in [1.165, 1.54) is 0 Å². The number of nitrogens with zero attached hydrogens (tertiary/aromatic N) is 5. The fraction of sp³-hybridized carbons (Fsp3) is 0.314. The van der Waals surface area contributed by atoms with Crippen molar-refractivity contribution in [2.24, 2.45) is 5.92 Å². The highest BCUT2D eigenvalue weighted by atomic mass is 16.5. The Labute approximate surface area is 261 Å². The quantitative estimate of drug-likeness (QED) is 0.354. The molecule has 5 heterocycles. The van der Waals surface area contributed by atoms with Crippen molar-refractivity contribution in [3.63, 3.8) is 0 Å². The van der Waals surface area contributed by atoms with E-state index < -0.39 is 0 Å². The molecule has 0 radical (unpaired) electrons. The van der Waals surface area contributed by atoms with Gasteiger partial charge in [0.15, 0.2) is 0 Å². The summed E-state index contributed by atoms with van der Waals surface area (Å²) in [4.78, 5) is 50.2. The molecule has 0 spiro atoms. The van der Waals surface area contributed by atoms with Gasteiger partial charge in [-0.3, -0.25) is 19.4 Å². The maximum atomic E-state index is 13.8. The maximum absolute atomic E-state index is 13.8. The Bertz CT molecular complexity index is 1780. The van der Waals surface area contributed by atoms with E-state index >= 15 is 0 Å². The molecule has 0 saturated carbocycles. The van der Waals surface area contributed by atoms with Crippen molar-refractivity contribution >= 4 is 28.9 Å². The fourth-order valence-electron chi connectivity index (χ4n) is 7.06. The molecule has 45 heavy (non-hydrogen) atoms. The number of fused-ring (bicyclic) bond motifs is 4. The summed E-state index contributed by atoms with van der Waals surface area (Å²) in [6.45, 7) is 4.69. The summed E-state index contributed by atoms with van der Waals surface area (Å²) in [6, 6.07) is 22.4. The van der Waals surface area contributed by atoms with Crippen LogP contribution in [0.25, 0.3) is 0 Å². The molecular weight excluding hydrogens is 568 g/mol. The molecule has 2 aromatic carbocycles. The van der Waals surface area contributed by atoms with Crippen molar-refractivity contribution in [1.82, 2.24) is 14.5 Å². The summed E-state index contributed by atoms with van der Waals surface area (Å²) in [5, 5.41) is 3.10. The van der Waals surface area contributed by atoms with E-state index in [9.17, 15) is 14.4 Å². The van der Waals surface area contributed by atoms with Gasteiger partial charge < -0.3 is 29.3 Å². The molecule has 0 aliphatic carbocycles. The van der Waals surface area contributed by atoms with Crippen molar-refractivity contribution in [2.45, 2.75) is 18.9 Å². The minimum Gasteiger partial charge on any atom is -0.495 e. The van der Waals surface area contributed by atoms with Crippen LogP contribution in [0, 0.1) is 5.92 Å². The minimum atomic E-state index is -0.261. The molecule has 2 bridgehead atoms. The first-order valence-electron chi connectivity index (χ1n) is 15.5. The fourth-order valence-corrected chi connectivity index (χ4v) is 7.06. The van der Waals surface area contributed by atoms with Gasteiger partial charge in [-0.2, -0.15) is 0 Å². The van der Waals surface area contributed by atoms with Crippen LogP contribution in [0.2, 0.25) is 0 Å². The van der Waals surface area contributed by atoms with Crippen LogP contribution >= 0.6 is 0 Å². The zero-order valence-electron chi connectivity index (χ0n) is 25.3. The number of pyridine rings is 2. The zero-order chi connectivity index (χ0) is 30.9. The monoisotopic (exact) mass is 604 g/mol. The van der Waals surface area contributed by atoms with Gasteiger partial charge >= 0.3 is 0 Å². The van der Waals surface area contributed by atoms with E-state index in [1.54, 1.807) is 37.7 Å². The average Bonchev–Trinajstić information content (AvgIpc) is 3.09. The number of methoxy groups -OCH3 is 1. The van der Waals surface area contributed by atoms with Crippen LogP contribution < -0.4 is 25.4 Å². The first-order chi connectivity index (χ1) is 22.0. The lowest BCUT2D eigenvalue weighted by Gasteiger charge is -2.44. The molecule has 2 amide bonds. The molecule has 10 nitrogen and oxygen atoms in total. The van der Waals surface area contributed by atoms with Gasteiger partial charge in [0.1, 0.15) is 5.75 Å². The van der Waals surface area contributed by atoms with Crippen LogP contribution in [-0.2, 0) is 6.54 Å². The zero-order valence-corrected chi connectivity index (χ0v) is 25.3. The summed E-state index contributed by atoms with van der Waals surface area (Å²) < 4.78 is 7.46. The van der Waals surface area contributed by atoms with E-state index in [-0.39, 0.29) is 23.3 Å².